The molecular formula is C12H24N2. The van der Waals surface area contributed by atoms with Crippen molar-refractivity contribution in [2.45, 2.75) is 58.3 Å². The summed E-state index contributed by atoms with van der Waals surface area (Å²) in [7, 11) is 0. The van der Waals surface area contributed by atoms with Crippen LogP contribution in [0.1, 0.15) is 58.3 Å². The van der Waals surface area contributed by atoms with Crippen LogP contribution in [0.3, 0.4) is 0 Å². The Bertz CT molecular complexity index is 138. The van der Waals surface area contributed by atoms with Gasteiger partial charge in [-0.15, -0.1) is 0 Å². The smallest absolute Gasteiger partial charge is 0.0635 e. The molecule has 0 rings (SSSR count). The highest BCUT2D eigenvalue weighted by molar-refractivity contribution is 4.69. The molecule has 0 spiro atoms. The third-order valence-corrected chi connectivity index (χ3v) is 2.37. The number of nitriles is 1. The van der Waals surface area contributed by atoms with Gasteiger partial charge in [0, 0.05) is 13.0 Å². The highest BCUT2D eigenvalue weighted by Gasteiger charge is 1.90. The number of hydrogen-bond acceptors (Lipinski definition) is 2. The van der Waals surface area contributed by atoms with E-state index in [0.29, 0.717) is 6.42 Å². The van der Waals surface area contributed by atoms with Crippen LogP contribution in [0.15, 0.2) is 0 Å². The Labute approximate surface area is 88.7 Å². The van der Waals surface area contributed by atoms with Gasteiger partial charge in [0.1, 0.15) is 0 Å². The van der Waals surface area contributed by atoms with E-state index in [1.54, 1.807) is 0 Å². The third-order valence-electron chi connectivity index (χ3n) is 2.37. The summed E-state index contributed by atoms with van der Waals surface area (Å²) in [5.74, 6) is 0. The van der Waals surface area contributed by atoms with E-state index >= 15 is 0 Å². The van der Waals surface area contributed by atoms with E-state index in [1.807, 2.05) is 0 Å². The largest absolute Gasteiger partial charge is 0.316 e. The van der Waals surface area contributed by atoms with Gasteiger partial charge in [0.2, 0.25) is 0 Å². The number of nitrogens with zero attached hydrogens (tertiary/aromatic N) is 1. The van der Waals surface area contributed by atoms with E-state index in [2.05, 4.69) is 18.3 Å². The van der Waals surface area contributed by atoms with Crippen LogP contribution in [0.4, 0.5) is 0 Å². The Balaban J connectivity index is 2.82. The molecule has 14 heavy (non-hydrogen) atoms. The van der Waals surface area contributed by atoms with Crippen molar-refractivity contribution in [3.8, 4) is 6.07 Å². The molecule has 0 amide bonds. The van der Waals surface area contributed by atoms with Gasteiger partial charge in [-0.2, -0.15) is 5.26 Å². The van der Waals surface area contributed by atoms with Crippen LogP contribution in [0.2, 0.25) is 0 Å². The van der Waals surface area contributed by atoms with Gasteiger partial charge in [0.25, 0.3) is 0 Å². The van der Waals surface area contributed by atoms with E-state index in [-0.39, 0.29) is 0 Å². The van der Waals surface area contributed by atoms with Crippen molar-refractivity contribution in [2.75, 3.05) is 13.1 Å². The highest BCUT2D eigenvalue weighted by Crippen LogP contribution is 2.06. The molecular weight excluding hydrogens is 172 g/mol. The van der Waals surface area contributed by atoms with Crippen LogP contribution in [-0.2, 0) is 0 Å². The van der Waals surface area contributed by atoms with Crippen molar-refractivity contribution in [1.82, 2.24) is 5.32 Å². The standard InChI is InChI=1S/C12H24N2/c1-2-3-4-5-6-7-8-11-14-12-9-10-13/h14H,2-9,11-12H2,1H3. The van der Waals surface area contributed by atoms with Crippen molar-refractivity contribution >= 4 is 0 Å². The summed E-state index contributed by atoms with van der Waals surface area (Å²) in [6.45, 7) is 4.18. The topological polar surface area (TPSA) is 35.8 Å². The van der Waals surface area contributed by atoms with Gasteiger partial charge in [-0.1, -0.05) is 45.4 Å². The van der Waals surface area contributed by atoms with Crippen LogP contribution in [-0.4, -0.2) is 13.1 Å². The fourth-order valence-electron chi connectivity index (χ4n) is 1.48. The van der Waals surface area contributed by atoms with Gasteiger partial charge in [-0.3, -0.25) is 0 Å². The average molecular weight is 196 g/mol. The first-order valence-electron chi connectivity index (χ1n) is 5.99. The zero-order valence-corrected chi connectivity index (χ0v) is 9.52. The monoisotopic (exact) mass is 196 g/mol. The number of unbranched alkanes of at least 4 members (excludes halogenated alkanes) is 6. The van der Waals surface area contributed by atoms with E-state index < -0.39 is 0 Å². The average Bonchev–Trinajstić information content (AvgIpc) is 2.21. The summed E-state index contributed by atoms with van der Waals surface area (Å²) in [6.07, 6.45) is 10.1. The van der Waals surface area contributed by atoms with E-state index in [9.17, 15) is 0 Å². The molecule has 0 heterocycles. The minimum Gasteiger partial charge on any atom is -0.316 e. The molecule has 0 aromatic heterocycles. The second-order valence-electron chi connectivity index (χ2n) is 3.78. The van der Waals surface area contributed by atoms with Crippen molar-refractivity contribution in [3.63, 3.8) is 0 Å². The molecule has 0 saturated carbocycles. The zero-order valence-electron chi connectivity index (χ0n) is 9.52. The Morgan fingerprint density at radius 3 is 2.21 bits per heavy atom. The van der Waals surface area contributed by atoms with E-state index in [1.165, 1.54) is 44.9 Å². The maximum atomic E-state index is 8.30. The molecule has 0 fully saturated rings. The van der Waals surface area contributed by atoms with Crippen LogP contribution < -0.4 is 5.32 Å². The van der Waals surface area contributed by atoms with Crippen LogP contribution in [0.5, 0.6) is 0 Å². The number of nitrogens with one attached hydrogen (secondary N) is 1. The van der Waals surface area contributed by atoms with E-state index in [0.717, 1.165) is 13.1 Å². The Morgan fingerprint density at radius 1 is 0.929 bits per heavy atom. The molecule has 0 aliphatic heterocycles. The molecule has 0 bridgehead atoms. The molecule has 0 radical (unpaired) electrons. The quantitative estimate of drug-likeness (QED) is 0.544. The van der Waals surface area contributed by atoms with Gasteiger partial charge < -0.3 is 5.32 Å². The number of hydrogen-bond donors (Lipinski definition) is 1. The lowest BCUT2D eigenvalue weighted by Crippen LogP contribution is -2.15. The van der Waals surface area contributed by atoms with Gasteiger partial charge >= 0.3 is 0 Å². The lowest BCUT2D eigenvalue weighted by Gasteiger charge is -2.02. The highest BCUT2D eigenvalue weighted by atomic mass is 14.8. The molecule has 2 nitrogen and oxygen atoms in total. The molecule has 0 aliphatic carbocycles. The first-order valence-corrected chi connectivity index (χ1v) is 5.99. The minimum absolute atomic E-state index is 0.635. The molecule has 0 unspecified atom stereocenters. The fraction of sp³-hybridized carbons (Fsp3) is 0.917. The molecule has 1 N–H and O–H groups in total. The molecule has 0 aliphatic rings. The first kappa shape index (κ1) is 13.4. The van der Waals surface area contributed by atoms with Crippen molar-refractivity contribution in [2.24, 2.45) is 0 Å². The second-order valence-corrected chi connectivity index (χ2v) is 3.78. The van der Waals surface area contributed by atoms with Crippen molar-refractivity contribution in [1.29, 1.82) is 5.26 Å². The van der Waals surface area contributed by atoms with Gasteiger partial charge in [0.05, 0.1) is 6.07 Å². The van der Waals surface area contributed by atoms with Gasteiger partial charge in [-0.05, 0) is 13.0 Å². The summed E-state index contributed by atoms with van der Waals surface area (Å²) >= 11 is 0. The van der Waals surface area contributed by atoms with Crippen molar-refractivity contribution in [3.05, 3.63) is 0 Å². The van der Waals surface area contributed by atoms with Crippen LogP contribution >= 0.6 is 0 Å². The van der Waals surface area contributed by atoms with Crippen LogP contribution in [0, 0.1) is 11.3 Å². The van der Waals surface area contributed by atoms with Crippen LogP contribution in [0.25, 0.3) is 0 Å². The lowest BCUT2D eigenvalue weighted by atomic mass is 10.1. The Hall–Kier alpha value is -0.550. The molecule has 0 aromatic rings. The number of rotatable bonds is 10. The predicted molar refractivity (Wildman–Crippen MR) is 61.1 cm³/mol. The SMILES string of the molecule is CCCCCCCCCNCCC#N. The maximum absolute atomic E-state index is 8.30. The second kappa shape index (κ2) is 12.4. The lowest BCUT2D eigenvalue weighted by molar-refractivity contribution is 0.565. The molecule has 0 atom stereocenters. The molecule has 0 aromatic carbocycles. The fourth-order valence-corrected chi connectivity index (χ4v) is 1.48. The summed E-state index contributed by atoms with van der Waals surface area (Å²) in [4.78, 5) is 0. The van der Waals surface area contributed by atoms with Gasteiger partial charge in [0.15, 0.2) is 0 Å². The summed E-state index contributed by atoms with van der Waals surface area (Å²) < 4.78 is 0. The summed E-state index contributed by atoms with van der Waals surface area (Å²) in [5.41, 5.74) is 0. The first-order chi connectivity index (χ1) is 6.91. The minimum atomic E-state index is 0.635. The summed E-state index contributed by atoms with van der Waals surface area (Å²) in [5, 5.41) is 11.6. The van der Waals surface area contributed by atoms with Crippen molar-refractivity contribution < 1.29 is 0 Å². The molecule has 0 saturated heterocycles. The van der Waals surface area contributed by atoms with Gasteiger partial charge in [-0.25, -0.2) is 0 Å². The maximum Gasteiger partial charge on any atom is 0.0635 e. The Morgan fingerprint density at radius 2 is 1.57 bits per heavy atom. The third kappa shape index (κ3) is 11.4. The normalized spacial score (nSPS) is 10.0. The van der Waals surface area contributed by atoms with E-state index in [4.69, 9.17) is 5.26 Å². The Kier molecular flexibility index (Phi) is 12.0. The molecule has 82 valence electrons. The zero-order chi connectivity index (χ0) is 10.5. The predicted octanol–water partition coefficient (Wildman–Crippen LogP) is 3.24. The molecule has 2 heteroatoms. The summed E-state index contributed by atoms with van der Waals surface area (Å²) in [6, 6.07) is 2.13.